The Kier molecular flexibility index (Phi) is 10.3. The number of aliphatic imine (C=N–C) groups is 1. The van der Waals surface area contributed by atoms with Crippen LogP contribution in [0.1, 0.15) is 52.1 Å². The number of rotatable bonds is 6. The van der Waals surface area contributed by atoms with E-state index in [-0.39, 0.29) is 30.0 Å². The number of halogens is 1. The molecular weight excluding hydrogens is 467 g/mol. The Morgan fingerprint density at radius 1 is 1.21 bits per heavy atom. The van der Waals surface area contributed by atoms with Crippen LogP contribution in [0.25, 0.3) is 0 Å². The maximum atomic E-state index is 12.3. The van der Waals surface area contributed by atoms with Crippen molar-refractivity contribution in [2.45, 2.75) is 58.2 Å². The van der Waals surface area contributed by atoms with Gasteiger partial charge in [-0.1, -0.05) is 42.5 Å². The summed E-state index contributed by atoms with van der Waals surface area (Å²) in [5.74, 6) is 0.762. The molecule has 0 bridgehead atoms. The fourth-order valence-corrected chi connectivity index (χ4v) is 2.80. The van der Waals surface area contributed by atoms with Crippen molar-refractivity contribution in [1.82, 2.24) is 16.0 Å². The predicted molar refractivity (Wildman–Crippen MR) is 125 cm³/mol. The molecule has 6 nitrogen and oxygen atoms in total. The Hall–Kier alpha value is -1.77. The molecule has 0 saturated heterocycles. The Labute approximate surface area is 185 Å². The minimum atomic E-state index is -0.541. The van der Waals surface area contributed by atoms with E-state index < -0.39 is 11.7 Å². The number of guanidine groups is 1. The molecule has 0 radical (unpaired) electrons. The van der Waals surface area contributed by atoms with Crippen LogP contribution in [0.4, 0.5) is 4.79 Å². The van der Waals surface area contributed by atoms with E-state index in [1.54, 1.807) is 0 Å². The normalized spacial score (nSPS) is 15.5. The standard InChI is InChI=1S/C21H32N4O2.HI/c1-5-22-19(24-17-13-9-10-14-17)23-15-18(16-11-7-6-8-12-16)25-20(26)27-21(2,3)4;/h6-12,17-18H,5,13-15H2,1-4H3,(H,25,26)(H2,22,23,24);1H. The molecule has 0 heterocycles. The van der Waals surface area contributed by atoms with Crippen molar-refractivity contribution in [2.24, 2.45) is 4.99 Å². The van der Waals surface area contributed by atoms with E-state index in [4.69, 9.17) is 9.73 Å². The first-order valence-electron chi connectivity index (χ1n) is 9.61. The van der Waals surface area contributed by atoms with Crippen molar-refractivity contribution in [2.75, 3.05) is 13.1 Å². The van der Waals surface area contributed by atoms with Gasteiger partial charge in [0.15, 0.2) is 5.96 Å². The molecule has 28 heavy (non-hydrogen) atoms. The second kappa shape index (κ2) is 11.9. The lowest BCUT2D eigenvalue weighted by atomic mass is 10.1. The second-order valence-electron chi connectivity index (χ2n) is 7.61. The van der Waals surface area contributed by atoms with Crippen LogP contribution in [0.3, 0.4) is 0 Å². The molecule has 1 aromatic carbocycles. The first kappa shape index (κ1) is 24.3. The van der Waals surface area contributed by atoms with Crippen molar-refractivity contribution in [3.8, 4) is 0 Å². The molecular formula is C21H33IN4O2. The van der Waals surface area contributed by atoms with Crippen LogP contribution in [0.15, 0.2) is 47.5 Å². The highest BCUT2D eigenvalue weighted by molar-refractivity contribution is 14.0. The van der Waals surface area contributed by atoms with Crippen molar-refractivity contribution in [1.29, 1.82) is 0 Å². The summed E-state index contributed by atoms with van der Waals surface area (Å²) in [6.45, 7) is 8.79. The van der Waals surface area contributed by atoms with E-state index in [0.29, 0.717) is 12.6 Å². The fourth-order valence-electron chi connectivity index (χ4n) is 2.80. The van der Waals surface area contributed by atoms with Gasteiger partial charge in [0.1, 0.15) is 5.60 Å². The van der Waals surface area contributed by atoms with Gasteiger partial charge in [-0.05, 0) is 46.1 Å². The summed E-state index contributed by atoms with van der Waals surface area (Å²) in [5, 5.41) is 9.67. The van der Waals surface area contributed by atoms with Gasteiger partial charge in [-0.15, -0.1) is 24.0 Å². The Bertz CT molecular complexity index is 648. The summed E-state index contributed by atoms with van der Waals surface area (Å²) in [5.41, 5.74) is 0.450. The first-order chi connectivity index (χ1) is 12.9. The Morgan fingerprint density at radius 3 is 2.43 bits per heavy atom. The minimum Gasteiger partial charge on any atom is -0.444 e. The number of hydrogen-bond acceptors (Lipinski definition) is 3. The summed E-state index contributed by atoms with van der Waals surface area (Å²) in [6.07, 6.45) is 5.92. The third-order valence-corrected chi connectivity index (χ3v) is 4.02. The lowest BCUT2D eigenvalue weighted by Gasteiger charge is -2.24. The molecule has 1 amide bonds. The molecule has 2 rings (SSSR count). The zero-order valence-electron chi connectivity index (χ0n) is 17.2. The van der Waals surface area contributed by atoms with E-state index in [1.807, 2.05) is 58.0 Å². The number of hydrogen-bond donors (Lipinski definition) is 3. The quantitative estimate of drug-likeness (QED) is 0.238. The smallest absolute Gasteiger partial charge is 0.408 e. The molecule has 0 saturated carbocycles. The van der Waals surface area contributed by atoms with Gasteiger partial charge in [-0.25, -0.2) is 4.79 Å². The van der Waals surface area contributed by atoms with Gasteiger partial charge in [0.05, 0.1) is 12.6 Å². The third kappa shape index (κ3) is 8.95. The highest BCUT2D eigenvalue weighted by Gasteiger charge is 2.21. The highest BCUT2D eigenvalue weighted by Crippen LogP contribution is 2.15. The first-order valence-corrected chi connectivity index (χ1v) is 9.61. The molecule has 0 fully saturated rings. The van der Waals surface area contributed by atoms with Gasteiger partial charge in [-0.3, -0.25) is 4.99 Å². The van der Waals surface area contributed by atoms with Gasteiger partial charge in [0, 0.05) is 12.6 Å². The highest BCUT2D eigenvalue weighted by atomic mass is 127. The molecule has 0 spiro atoms. The number of carbonyl (C=O) groups excluding carboxylic acids is 1. The van der Waals surface area contributed by atoms with E-state index in [9.17, 15) is 4.79 Å². The van der Waals surface area contributed by atoms with Crippen LogP contribution in [0.2, 0.25) is 0 Å². The van der Waals surface area contributed by atoms with Gasteiger partial charge < -0.3 is 20.7 Å². The molecule has 1 aromatic rings. The van der Waals surface area contributed by atoms with E-state index in [2.05, 4.69) is 28.1 Å². The lowest BCUT2D eigenvalue weighted by Crippen LogP contribution is -2.43. The monoisotopic (exact) mass is 500 g/mol. The van der Waals surface area contributed by atoms with Crippen LogP contribution in [-0.2, 0) is 4.74 Å². The number of nitrogens with one attached hydrogen (secondary N) is 3. The van der Waals surface area contributed by atoms with Crippen LogP contribution >= 0.6 is 24.0 Å². The number of alkyl carbamates (subject to hydrolysis) is 1. The molecule has 3 N–H and O–H groups in total. The van der Waals surface area contributed by atoms with E-state index >= 15 is 0 Å². The molecule has 7 heteroatoms. The zero-order chi connectivity index (χ0) is 19.7. The van der Waals surface area contributed by atoms with Crippen LogP contribution in [0.5, 0.6) is 0 Å². The average Bonchev–Trinajstić information content (AvgIpc) is 3.11. The summed E-state index contributed by atoms with van der Waals surface area (Å²) >= 11 is 0. The van der Waals surface area contributed by atoms with E-state index in [0.717, 1.165) is 30.9 Å². The average molecular weight is 500 g/mol. The lowest BCUT2D eigenvalue weighted by molar-refractivity contribution is 0.0505. The fraction of sp³-hybridized carbons (Fsp3) is 0.524. The van der Waals surface area contributed by atoms with Crippen molar-refractivity contribution < 1.29 is 9.53 Å². The van der Waals surface area contributed by atoms with Crippen LogP contribution < -0.4 is 16.0 Å². The number of amides is 1. The second-order valence-corrected chi connectivity index (χ2v) is 7.61. The Morgan fingerprint density at radius 2 is 1.86 bits per heavy atom. The molecule has 0 aromatic heterocycles. The summed E-state index contributed by atoms with van der Waals surface area (Å²) < 4.78 is 5.41. The van der Waals surface area contributed by atoms with Crippen LogP contribution in [0, 0.1) is 0 Å². The molecule has 1 atom stereocenters. The molecule has 1 aliphatic rings. The molecule has 156 valence electrons. The third-order valence-electron chi connectivity index (χ3n) is 4.02. The number of ether oxygens (including phenoxy) is 1. The van der Waals surface area contributed by atoms with Gasteiger partial charge in [0.25, 0.3) is 0 Å². The molecule has 1 unspecified atom stereocenters. The maximum absolute atomic E-state index is 12.3. The maximum Gasteiger partial charge on any atom is 0.408 e. The van der Waals surface area contributed by atoms with Gasteiger partial charge in [-0.2, -0.15) is 0 Å². The zero-order valence-corrected chi connectivity index (χ0v) is 19.5. The van der Waals surface area contributed by atoms with Gasteiger partial charge in [0.2, 0.25) is 0 Å². The van der Waals surface area contributed by atoms with Crippen molar-refractivity contribution in [3.05, 3.63) is 48.0 Å². The minimum absolute atomic E-state index is 0. The predicted octanol–water partition coefficient (Wildman–Crippen LogP) is 4.14. The van der Waals surface area contributed by atoms with Crippen molar-refractivity contribution >= 4 is 36.0 Å². The number of benzene rings is 1. The van der Waals surface area contributed by atoms with Crippen molar-refractivity contribution in [3.63, 3.8) is 0 Å². The SMILES string of the molecule is CCNC(=NCC(NC(=O)OC(C)(C)C)c1ccccc1)NC1CC=CC1.I. The Balaban J connectivity index is 0.00000392. The number of nitrogens with zero attached hydrogens (tertiary/aromatic N) is 1. The summed E-state index contributed by atoms with van der Waals surface area (Å²) in [4.78, 5) is 17.0. The molecule has 0 aliphatic heterocycles. The summed E-state index contributed by atoms with van der Waals surface area (Å²) in [7, 11) is 0. The number of carbonyl (C=O) groups is 1. The van der Waals surface area contributed by atoms with Gasteiger partial charge >= 0.3 is 6.09 Å². The largest absolute Gasteiger partial charge is 0.444 e. The topological polar surface area (TPSA) is 74.8 Å². The summed E-state index contributed by atoms with van der Waals surface area (Å²) in [6, 6.07) is 9.94. The van der Waals surface area contributed by atoms with E-state index in [1.165, 1.54) is 0 Å². The van der Waals surface area contributed by atoms with Crippen LogP contribution in [-0.4, -0.2) is 36.8 Å². The molecule has 1 aliphatic carbocycles.